The zero-order chi connectivity index (χ0) is 89.4. The second kappa shape index (κ2) is 34.4. The number of aryl methyl sites for hydroxylation is 3. The molecule has 45 heteroatoms. The largest absolute Gasteiger partial charge is 0.369 e. The van der Waals surface area contributed by atoms with Gasteiger partial charge in [0, 0.05) is 114 Å². The number of alkyl halides is 12. The van der Waals surface area contributed by atoms with Crippen molar-refractivity contribution in [1.29, 1.82) is 0 Å². The van der Waals surface area contributed by atoms with Crippen LogP contribution in [0.4, 0.5) is 92.5 Å². The molecule has 5 N–H and O–H groups in total. The highest BCUT2D eigenvalue weighted by Crippen LogP contribution is 2.52. The molecule has 0 radical (unpaired) electrons. The number of benzene rings is 3. The number of carbonyl (C=O) groups excluding carboxylic acids is 3. The molecule has 2 saturated heterocycles. The Kier molecular flexibility index (Phi) is 24.7. The van der Waals surface area contributed by atoms with Crippen LogP contribution in [0.2, 0.25) is 5.15 Å². The maximum absolute atomic E-state index is 14.3. The minimum atomic E-state index is -3.82. The van der Waals surface area contributed by atoms with Crippen molar-refractivity contribution in [2.45, 2.75) is 141 Å². The first-order chi connectivity index (χ1) is 58.3. The van der Waals surface area contributed by atoms with Crippen LogP contribution in [0.25, 0.3) is 56.1 Å². The lowest BCUT2D eigenvalue weighted by Crippen LogP contribution is -2.21. The molecule has 1 amide bonds. The Balaban J connectivity index is 0.000000145. The fourth-order valence-electron chi connectivity index (χ4n) is 14.6. The van der Waals surface area contributed by atoms with E-state index in [0.29, 0.717) is 60.6 Å². The van der Waals surface area contributed by atoms with Gasteiger partial charge in [-0.1, -0.05) is 29.8 Å². The number of imidazole rings is 5. The van der Waals surface area contributed by atoms with Gasteiger partial charge in [0.05, 0.1) is 138 Å². The lowest BCUT2D eigenvalue weighted by molar-refractivity contribution is -0.122. The highest BCUT2D eigenvalue weighted by molar-refractivity contribution is 7.91. The minimum Gasteiger partial charge on any atom is -0.369 e. The summed E-state index contributed by atoms with van der Waals surface area (Å²) in [5, 5.41) is 9.03. The molecule has 6 aliphatic rings. The van der Waals surface area contributed by atoms with Crippen molar-refractivity contribution in [2.24, 2.45) is 49.6 Å². The molecule has 0 bridgehead atoms. The van der Waals surface area contributed by atoms with E-state index in [1.54, 1.807) is 96.7 Å². The summed E-state index contributed by atoms with van der Waals surface area (Å²) < 4.78 is 257. The number of nitrogens with two attached hydrogens (primary N) is 1. The number of fused-ring (bicyclic) bond motifs is 3. The number of anilines is 6. The predicted molar refractivity (Wildman–Crippen MR) is 430 cm³/mol. The van der Waals surface area contributed by atoms with Gasteiger partial charge in [-0.2, -0.15) is 0 Å². The van der Waals surface area contributed by atoms with Gasteiger partial charge in [-0.05, 0) is 87.1 Å². The van der Waals surface area contributed by atoms with Crippen molar-refractivity contribution in [1.82, 2.24) is 62.7 Å². The number of nitrogens with one attached hydrogen (secondary N) is 3. The molecular formula is C79H77ClF12N18O11S3. The fraction of sp³-hybridized carbons (Fsp3) is 0.392. The molecular weight excluding hydrogens is 1740 g/mol. The van der Waals surface area contributed by atoms with Gasteiger partial charge in [0.2, 0.25) is 5.91 Å². The summed E-state index contributed by atoms with van der Waals surface area (Å²) in [4.78, 5) is 72.2. The number of sulfone groups is 3. The number of carbonyl (C=O) groups is 3. The molecule has 5 atom stereocenters. The van der Waals surface area contributed by atoms with Crippen molar-refractivity contribution in [3.8, 4) is 33.8 Å². The smallest absolute Gasteiger partial charge is 0.295 e. The standard InChI is InChI=1S/C28H28F4N6O4S.C24H21F4N5O3S.C23H23ClF2N6O3S.C4H5F2NO/c1-37-14-33-13-20(37)15-6-7-18(22(9-15)43(2,40)41)35-19-10-16(11-21(39)17-12-28(17,31)32)34-26-24(19)36-27(25(29)30)38(26)23-5-3-4-8-42-23;1-33-11-29-10-19(33)12-3-4-15(21(5-12)37(2,35)36)31-16-6-13(7-20(34)14-9-24(14,27)28)30-17-8-18(23(25)26)32-22(16)17;1-31-12-27-11-16(31)13-6-7-14(17(9-13)36(2,33)34)28-15-10-18(24)29-22-20(15)30-23(21(25)26)32(22)19-5-3-4-8-35-19;5-4(6)1-2(4)3(7)8/h6-7,9-10,13-14,17,23,25H,3-5,8,11-12H2,1-2H3,(H,34,35);3-6,10-11,14,23H,7-9H2,1-2H3,(H,30,31);6-7,9-12,19,21H,3-5,8H2,1-2H3,(H,28,29);2H,1H2,(H2,7,8). The van der Waals surface area contributed by atoms with E-state index in [9.17, 15) is 92.3 Å². The maximum atomic E-state index is 14.3. The third-order valence-electron chi connectivity index (χ3n) is 21.2. The monoisotopic (exact) mass is 1810 g/mol. The second-order valence-corrected chi connectivity index (χ2v) is 37.0. The summed E-state index contributed by atoms with van der Waals surface area (Å²) in [7, 11) is -5.95. The van der Waals surface area contributed by atoms with Crippen LogP contribution in [0.1, 0.15) is 112 Å². The zero-order valence-electron chi connectivity index (χ0n) is 66.4. The van der Waals surface area contributed by atoms with Crippen LogP contribution >= 0.6 is 11.6 Å². The lowest BCUT2D eigenvalue weighted by atomic mass is 10.1. The van der Waals surface area contributed by atoms with Crippen LogP contribution in [0.15, 0.2) is 130 Å². The molecule has 11 aromatic rings. The Labute approximate surface area is 704 Å². The molecule has 3 aromatic carbocycles. The van der Waals surface area contributed by atoms with E-state index in [1.807, 2.05) is 0 Å². The van der Waals surface area contributed by atoms with Crippen molar-refractivity contribution in [3.05, 3.63) is 144 Å². The van der Waals surface area contributed by atoms with Crippen LogP contribution in [0.3, 0.4) is 0 Å². The molecule has 658 valence electrons. The Morgan fingerprint density at radius 1 is 0.500 bits per heavy atom. The molecule has 11 heterocycles. The van der Waals surface area contributed by atoms with Gasteiger partial charge in [-0.15, -0.1) is 0 Å². The second-order valence-electron chi connectivity index (χ2n) is 30.7. The van der Waals surface area contributed by atoms with E-state index in [1.165, 1.54) is 57.7 Å². The summed E-state index contributed by atoms with van der Waals surface area (Å²) >= 11 is 6.28. The lowest BCUT2D eigenvalue weighted by Gasteiger charge is -2.25. The first-order valence-electron chi connectivity index (χ1n) is 38.2. The summed E-state index contributed by atoms with van der Waals surface area (Å²) in [6, 6.07) is 18.3. The number of Topliss-reactive ketones (excluding diaryl/α,β-unsaturated/α-hetero) is 2. The zero-order valence-corrected chi connectivity index (χ0v) is 69.6. The van der Waals surface area contributed by atoms with Gasteiger partial charge >= 0.3 is 0 Å². The third kappa shape index (κ3) is 19.3. The van der Waals surface area contributed by atoms with Crippen LogP contribution in [-0.2, 0) is 93.8 Å². The molecule has 8 aromatic heterocycles. The number of halogens is 13. The number of aromatic nitrogens is 13. The Morgan fingerprint density at radius 3 is 1.20 bits per heavy atom. The summed E-state index contributed by atoms with van der Waals surface area (Å²) in [6.07, 6.45) is 4.04. The number of hydrogen-bond donors (Lipinski definition) is 4. The number of rotatable bonds is 24. The predicted octanol–water partition coefficient (Wildman–Crippen LogP) is 15.1. The van der Waals surface area contributed by atoms with Crippen LogP contribution < -0.4 is 21.7 Å². The Bertz CT molecular complexity index is 6430. The molecule has 3 aliphatic heterocycles. The average Bonchev–Trinajstić information content (AvgIpc) is 1.60. The van der Waals surface area contributed by atoms with Gasteiger partial charge in [-0.3, -0.25) is 28.5 Å². The number of hydrogen-bond acceptors (Lipinski definition) is 23. The minimum absolute atomic E-state index is 0.00686. The van der Waals surface area contributed by atoms with Crippen molar-refractivity contribution in [2.75, 3.05) is 47.9 Å². The molecule has 5 unspecified atom stereocenters. The topological polar surface area (TPSA) is 374 Å². The SMILES string of the molecule is Cn1cncc1-c1ccc(Nc2cc(CC(=O)C3CC3(F)F)nc3c2N=C(C(F)F)C3)c(S(C)(=O)=O)c1.Cn1cncc1-c1ccc(Nc2cc(CC(=O)C3CC3(F)F)nc3c2nc(C(F)F)n3C2CCCCO2)c(S(C)(=O)=O)c1.Cn1cncc1-c1ccc(Nc2cc(Cl)nc3c2nc(C(F)F)n3C2CCCCO2)c(S(C)(=O)=O)c1.NC(=O)C1CC1(F)F. The van der Waals surface area contributed by atoms with E-state index in [-0.39, 0.29) is 112 Å². The average molecular weight is 1810 g/mol. The number of nitrogens with zero attached hydrogens (tertiary/aromatic N) is 14. The molecule has 29 nitrogen and oxygen atoms in total. The Hall–Kier alpha value is -11.2. The van der Waals surface area contributed by atoms with E-state index >= 15 is 0 Å². The van der Waals surface area contributed by atoms with Crippen molar-refractivity contribution >= 4 is 126 Å². The first-order valence-corrected chi connectivity index (χ1v) is 44.3. The molecule has 17 rings (SSSR count). The van der Waals surface area contributed by atoms with Crippen molar-refractivity contribution in [3.63, 3.8) is 0 Å². The van der Waals surface area contributed by atoms with E-state index in [2.05, 4.69) is 66.5 Å². The number of ether oxygens (including phenoxy) is 2. The number of ketones is 2. The third-order valence-corrected chi connectivity index (χ3v) is 24.8. The van der Waals surface area contributed by atoms with Crippen LogP contribution in [-0.4, -0.2) is 167 Å². The first kappa shape index (κ1) is 89.1. The van der Waals surface area contributed by atoms with E-state index in [4.69, 9.17) is 21.1 Å². The van der Waals surface area contributed by atoms with Crippen LogP contribution in [0.5, 0.6) is 0 Å². The molecule has 3 aliphatic carbocycles. The maximum Gasteiger partial charge on any atom is 0.295 e. The van der Waals surface area contributed by atoms with Gasteiger partial charge in [0.15, 0.2) is 52.5 Å². The van der Waals surface area contributed by atoms with E-state index in [0.717, 1.165) is 43.7 Å². The highest BCUT2D eigenvalue weighted by Gasteiger charge is 2.62. The number of amides is 1. The molecule has 0 spiro atoms. The normalized spacial score (nSPS) is 19.2. The van der Waals surface area contributed by atoms with Crippen LogP contribution in [0, 0.1) is 17.8 Å². The van der Waals surface area contributed by atoms with Gasteiger partial charge in [0.1, 0.15) is 51.8 Å². The number of aliphatic imine (C=N–C) groups is 1. The fourth-order valence-corrected chi connectivity index (χ4v) is 17.4. The quantitative estimate of drug-likeness (QED) is 0.0322. The van der Waals surface area contributed by atoms with E-state index < -0.39 is 157 Å². The molecule has 5 fully saturated rings. The Morgan fingerprint density at radius 2 is 0.871 bits per heavy atom. The summed E-state index contributed by atoms with van der Waals surface area (Å²) in [5.41, 5.74) is 9.61. The molecule has 3 saturated carbocycles. The van der Waals surface area contributed by atoms with Crippen molar-refractivity contribution < 1.29 is 102 Å². The highest BCUT2D eigenvalue weighted by atomic mass is 35.5. The van der Waals surface area contributed by atoms with Gasteiger partial charge in [0.25, 0.3) is 37.0 Å². The van der Waals surface area contributed by atoms with Gasteiger partial charge in [-0.25, -0.2) is 118 Å². The number of pyridine rings is 3. The number of primary amides is 1. The summed E-state index contributed by atoms with van der Waals surface area (Å²) in [6.45, 7) is 0.785. The van der Waals surface area contributed by atoms with Gasteiger partial charge < -0.3 is 44.9 Å². The molecule has 124 heavy (non-hydrogen) atoms. The summed E-state index contributed by atoms with van der Waals surface area (Å²) in [5.74, 6) is -16.3.